The highest BCUT2D eigenvalue weighted by Gasteiger charge is 2.33. The number of rotatable bonds is 3. The topological polar surface area (TPSA) is 73.8 Å². The Balaban J connectivity index is 2.14. The Morgan fingerprint density at radius 2 is 2.06 bits per heavy atom. The molecule has 1 saturated heterocycles. The molecule has 18 heavy (non-hydrogen) atoms. The summed E-state index contributed by atoms with van der Waals surface area (Å²) in [6.07, 6.45) is 0.834. The highest BCUT2D eigenvalue weighted by atomic mass is 16.2. The van der Waals surface area contributed by atoms with Gasteiger partial charge in [0, 0.05) is 26.2 Å². The number of carbonyl (C=O) groups excluding carboxylic acids is 2. The van der Waals surface area contributed by atoms with Crippen molar-refractivity contribution in [1.29, 1.82) is 0 Å². The summed E-state index contributed by atoms with van der Waals surface area (Å²) in [5.74, 6) is -0.706. The van der Waals surface area contributed by atoms with E-state index in [0.717, 1.165) is 32.6 Å². The van der Waals surface area contributed by atoms with E-state index in [1.165, 1.54) is 0 Å². The van der Waals surface area contributed by atoms with Crippen molar-refractivity contribution in [3.05, 3.63) is 0 Å². The molecule has 2 rings (SSSR count). The Hall–Kier alpha value is -1.27. The minimum Gasteiger partial charge on any atom is -0.314 e. The van der Waals surface area contributed by atoms with E-state index < -0.39 is 5.92 Å². The number of carbonyl (C=O) groups is 2. The van der Waals surface area contributed by atoms with Crippen LogP contribution in [0.5, 0.6) is 0 Å². The number of nitrogens with one attached hydrogen (secondary N) is 2. The zero-order valence-corrected chi connectivity index (χ0v) is 10.9. The second-order valence-electron chi connectivity index (χ2n) is 4.76. The third kappa shape index (κ3) is 2.59. The molecule has 0 aromatic carbocycles. The van der Waals surface area contributed by atoms with E-state index in [9.17, 15) is 9.59 Å². The smallest absolute Gasteiger partial charge is 0.259 e. The maximum absolute atomic E-state index is 11.7. The monoisotopic (exact) mass is 252 g/mol. The molecule has 0 spiro atoms. The van der Waals surface area contributed by atoms with Crippen LogP contribution in [-0.4, -0.2) is 54.8 Å². The van der Waals surface area contributed by atoms with Crippen LogP contribution < -0.4 is 10.6 Å². The summed E-state index contributed by atoms with van der Waals surface area (Å²) in [7, 11) is 0. The maximum atomic E-state index is 11.7. The van der Waals surface area contributed by atoms with E-state index >= 15 is 0 Å². The molecule has 2 unspecified atom stereocenters. The molecule has 100 valence electrons. The Morgan fingerprint density at radius 1 is 1.39 bits per heavy atom. The van der Waals surface area contributed by atoms with Crippen molar-refractivity contribution in [2.45, 2.75) is 26.3 Å². The van der Waals surface area contributed by atoms with Gasteiger partial charge in [0.15, 0.2) is 0 Å². The number of aliphatic imine (C=N–C) groups is 1. The highest BCUT2D eigenvalue weighted by molar-refractivity contribution is 6.16. The van der Waals surface area contributed by atoms with Crippen LogP contribution in [0.25, 0.3) is 0 Å². The van der Waals surface area contributed by atoms with Crippen LogP contribution in [0, 0.1) is 5.92 Å². The van der Waals surface area contributed by atoms with Gasteiger partial charge in [-0.15, -0.1) is 0 Å². The lowest BCUT2D eigenvalue weighted by atomic mass is 10.1. The van der Waals surface area contributed by atoms with Crippen LogP contribution in [0.4, 0.5) is 0 Å². The quantitative estimate of drug-likeness (QED) is 0.655. The lowest BCUT2D eigenvalue weighted by Crippen LogP contribution is -2.57. The third-order valence-electron chi connectivity index (χ3n) is 3.54. The van der Waals surface area contributed by atoms with Crippen molar-refractivity contribution in [1.82, 2.24) is 15.5 Å². The van der Waals surface area contributed by atoms with Gasteiger partial charge in [0.05, 0.1) is 6.04 Å². The molecule has 0 bridgehead atoms. The summed E-state index contributed by atoms with van der Waals surface area (Å²) < 4.78 is 0. The second-order valence-corrected chi connectivity index (χ2v) is 4.76. The molecule has 6 nitrogen and oxygen atoms in total. The first-order valence-electron chi connectivity index (χ1n) is 6.51. The van der Waals surface area contributed by atoms with E-state index in [0.29, 0.717) is 5.84 Å². The number of hydrogen-bond acceptors (Lipinski definition) is 4. The number of amidine groups is 1. The van der Waals surface area contributed by atoms with Gasteiger partial charge in [-0.2, -0.15) is 4.99 Å². The molecule has 6 heteroatoms. The van der Waals surface area contributed by atoms with Gasteiger partial charge in [-0.25, -0.2) is 0 Å². The predicted molar refractivity (Wildman–Crippen MR) is 68.3 cm³/mol. The van der Waals surface area contributed by atoms with Crippen LogP contribution in [0.15, 0.2) is 4.99 Å². The number of hydrogen-bond donors (Lipinski definition) is 2. The van der Waals surface area contributed by atoms with Gasteiger partial charge < -0.3 is 10.6 Å². The number of piperazine rings is 1. The summed E-state index contributed by atoms with van der Waals surface area (Å²) in [6, 6.07) is 0.0347. The maximum Gasteiger partial charge on any atom is 0.259 e. The minimum absolute atomic E-state index is 0.0347. The van der Waals surface area contributed by atoms with E-state index in [2.05, 4.69) is 20.5 Å². The van der Waals surface area contributed by atoms with Gasteiger partial charge in [0.1, 0.15) is 11.8 Å². The fraction of sp³-hybridized carbons (Fsp3) is 0.750. The average molecular weight is 252 g/mol. The fourth-order valence-electron chi connectivity index (χ4n) is 2.37. The summed E-state index contributed by atoms with van der Waals surface area (Å²) >= 11 is 0. The zero-order chi connectivity index (χ0) is 13.1. The van der Waals surface area contributed by atoms with Crippen molar-refractivity contribution in [3.63, 3.8) is 0 Å². The molecule has 2 aliphatic rings. The van der Waals surface area contributed by atoms with Crippen molar-refractivity contribution >= 4 is 17.6 Å². The van der Waals surface area contributed by atoms with E-state index in [1.54, 1.807) is 6.92 Å². The van der Waals surface area contributed by atoms with Crippen molar-refractivity contribution in [3.8, 4) is 0 Å². The van der Waals surface area contributed by atoms with Gasteiger partial charge in [-0.1, -0.05) is 6.92 Å². The molecule has 0 saturated carbocycles. The second kappa shape index (κ2) is 5.58. The first-order chi connectivity index (χ1) is 8.63. The van der Waals surface area contributed by atoms with Gasteiger partial charge in [-0.3, -0.25) is 14.5 Å². The molecular weight excluding hydrogens is 232 g/mol. The molecular formula is C12H20N4O2. The van der Waals surface area contributed by atoms with Gasteiger partial charge in [0.2, 0.25) is 5.91 Å². The van der Waals surface area contributed by atoms with Crippen LogP contribution in [0.3, 0.4) is 0 Å². The van der Waals surface area contributed by atoms with Crippen molar-refractivity contribution in [2.24, 2.45) is 10.9 Å². The summed E-state index contributed by atoms with van der Waals surface area (Å²) in [4.78, 5) is 29.6. The molecule has 0 aliphatic carbocycles. The van der Waals surface area contributed by atoms with Gasteiger partial charge in [-0.05, 0) is 13.3 Å². The molecule has 1 fully saturated rings. The number of amides is 2. The zero-order valence-electron chi connectivity index (χ0n) is 10.9. The SMILES string of the molecule is CCC(C1=NC(=O)C(C)C(=O)N1)N1CCNCC1. The standard InChI is InChI=1S/C12H20N4O2/c1-3-9(16-6-4-13-5-7-16)10-14-11(17)8(2)12(18)15-10/h8-9,13H,3-7H2,1-2H3,(H,14,15,17,18). The lowest BCUT2D eigenvalue weighted by molar-refractivity contribution is -0.132. The van der Waals surface area contributed by atoms with E-state index in [-0.39, 0.29) is 17.9 Å². The minimum atomic E-state index is -0.658. The first kappa shape index (κ1) is 13.2. The molecule has 0 aromatic rings. The Bertz CT molecular complexity index is 374. The fourth-order valence-corrected chi connectivity index (χ4v) is 2.37. The molecule has 2 atom stereocenters. The molecule has 2 heterocycles. The highest BCUT2D eigenvalue weighted by Crippen LogP contribution is 2.12. The van der Waals surface area contributed by atoms with Crippen LogP contribution in [0.1, 0.15) is 20.3 Å². The first-order valence-corrected chi connectivity index (χ1v) is 6.51. The van der Waals surface area contributed by atoms with Crippen molar-refractivity contribution in [2.75, 3.05) is 26.2 Å². The van der Waals surface area contributed by atoms with Gasteiger partial charge in [0.25, 0.3) is 5.91 Å². The molecule has 2 amide bonds. The summed E-state index contributed by atoms with van der Waals surface area (Å²) in [5.41, 5.74) is 0. The van der Waals surface area contributed by atoms with Crippen molar-refractivity contribution < 1.29 is 9.59 Å². The Morgan fingerprint density at radius 3 is 2.61 bits per heavy atom. The molecule has 0 aromatic heterocycles. The van der Waals surface area contributed by atoms with Gasteiger partial charge >= 0.3 is 0 Å². The number of nitrogens with zero attached hydrogens (tertiary/aromatic N) is 2. The van der Waals surface area contributed by atoms with Crippen LogP contribution >= 0.6 is 0 Å². The molecule has 2 aliphatic heterocycles. The Labute approximate surface area is 107 Å². The predicted octanol–water partition coefficient (Wildman–Crippen LogP) is -0.639. The summed E-state index contributed by atoms with van der Waals surface area (Å²) in [5, 5.41) is 6.06. The molecule has 2 N–H and O–H groups in total. The third-order valence-corrected chi connectivity index (χ3v) is 3.54. The van der Waals surface area contributed by atoms with E-state index in [4.69, 9.17) is 0 Å². The molecule has 0 radical (unpaired) electrons. The largest absolute Gasteiger partial charge is 0.314 e. The Kier molecular flexibility index (Phi) is 4.08. The average Bonchev–Trinajstić information content (AvgIpc) is 2.38. The normalized spacial score (nSPS) is 27.7. The van der Waals surface area contributed by atoms with Crippen LogP contribution in [-0.2, 0) is 9.59 Å². The van der Waals surface area contributed by atoms with E-state index in [1.807, 2.05) is 6.92 Å². The van der Waals surface area contributed by atoms with Crippen LogP contribution in [0.2, 0.25) is 0 Å². The summed E-state index contributed by atoms with van der Waals surface area (Å²) in [6.45, 7) is 7.33. The lowest BCUT2D eigenvalue weighted by Gasteiger charge is -2.36.